The van der Waals surface area contributed by atoms with Gasteiger partial charge in [0.1, 0.15) is 15.9 Å². The molecule has 0 aliphatic carbocycles. The molecule has 4 aromatic rings. The summed E-state index contributed by atoms with van der Waals surface area (Å²) in [6.07, 6.45) is 1.50. The molecule has 0 bridgehead atoms. The van der Waals surface area contributed by atoms with Crippen LogP contribution in [0.25, 0.3) is 20.4 Å². The maximum Gasteiger partial charge on any atom is 0.265 e. The van der Waals surface area contributed by atoms with Crippen molar-refractivity contribution in [1.82, 2.24) is 15.0 Å². The number of thiophene rings is 1. The maximum absolute atomic E-state index is 12.6. The zero-order valence-electron chi connectivity index (χ0n) is 17.5. The standard InChI is InChI=1S/C23H22N4O3S/c1-13(20(28)26-15-7-5-4-6-8-15)30-21-19-18(24-12-25-21)16-9-14-11-29-23(2,3)10-17(14)27-22(16)31-19/h4-9,12-13H,10-11H2,1-3H3,(H,26,28)/t13-/m1/s1. The fourth-order valence-electron chi connectivity index (χ4n) is 3.64. The zero-order valence-corrected chi connectivity index (χ0v) is 18.3. The molecule has 158 valence electrons. The number of fused-ring (bicyclic) bond motifs is 4. The van der Waals surface area contributed by atoms with Gasteiger partial charge in [-0.2, -0.15) is 0 Å². The number of nitrogens with zero attached hydrogens (tertiary/aromatic N) is 3. The van der Waals surface area contributed by atoms with Crippen LogP contribution in [0, 0.1) is 0 Å². The number of nitrogens with one attached hydrogen (secondary N) is 1. The fourth-order valence-corrected chi connectivity index (χ4v) is 4.70. The Morgan fingerprint density at radius 3 is 2.87 bits per heavy atom. The highest BCUT2D eigenvalue weighted by atomic mass is 32.1. The van der Waals surface area contributed by atoms with E-state index in [4.69, 9.17) is 14.5 Å². The topological polar surface area (TPSA) is 86.2 Å². The molecule has 1 aliphatic heterocycles. The highest BCUT2D eigenvalue weighted by Crippen LogP contribution is 2.38. The lowest BCUT2D eigenvalue weighted by Crippen LogP contribution is -2.32. The molecule has 0 saturated heterocycles. The van der Waals surface area contributed by atoms with Crippen molar-refractivity contribution in [2.24, 2.45) is 0 Å². The van der Waals surface area contributed by atoms with Gasteiger partial charge in [0.25, 0.3) is 5.91 Å². The van der Waals surface area contributed by atoms with Gasteiger partial charge < -0.3 is 14.8 Å². The molecule has 1 atom stereocenters. The van der Waals surface area contributed by atoms with Crippen molar-refractivity contribution < 1.29 is 14.3 Å². The van der Waals surface area contributed by atoms with Crippen molar-refractivity contribution in [1.29, 1.82) is 0 Å². The van der Waals surface area contributed by atoms with Crippen molar-refractivity contribution in [2.45, 2.75) is 45.5 Å². The highest BCUT2D eigenvalue weighted by molar-refractivity contribution is 7.25. The van der Waals surface area contributed by atoms with Crippen LogP contribution >= 0.6 is 11.3 Å². The average Bonchev–Trinajstić information content (AvgIpc) is 3.10. The second-order valence-corrected chi connectivity index (χ2v) is 9.25. The number of carbonyl (C=O) groups is 1. The van der Waals surface area contributed by atoms with Gasteiger partial charge in [0, 0.05) is 23.1 Å². The van der Waals surface area contributed by atoms with Crippen LogP contribution in [0.1, 0.15) is 32.0 Å². The van der Waals surface area contributed by atoms with E-state index in [1.165, 1.54) is 17.7 Å². The molecule has 8 heteroatoms. The Morgan fingerprint density at radius 2 is 2.06 bits per heavy atom. The Bertz CT molecular complexity index is 1290. The molecule has 3 aromatic heterocycles. The number of benzene rings is 1. The first-order valence-electron chi connectivity index (χ1n) is 10.1. The Balaban J connectivity index is 1.46. The van der Waals surface area contributed by atoms with E-state index >= 15 is 0 Å². The molecular weight excluding hydrogens is 412 g/mol. The van der Waals surface area contributed by atoms with Gasteiger partial charge in [-0.05, 0) is 39.0 Å². The van der Waals surface area contributed by atoms with Gasteiger partial charge in [0.2, 0.25) is 5.88 Å². The van der Waals surface area contributed by atoms with Gasteiger partial charge in [-0.3, -0.25) is 4.79 Å². The lowest BCUT2D eigenvalue weighted by Gasteiger charge is -2.30. The van der Waals surface area contributed by atoms with Gasteiger partial charge in [0.05, 0.1) is 23.4 Å². The number of ether oxygens (including phenoxy) is 2. The average molecular weight is 435 g/mol. The summed E-state index contributed by atoms with van der Waals surface area (Å²) in [6, 6.07) is 11.4. The van der Waals surface area contributed by atoms with Crippen LogP contribution in [0.3, 0.4) is 0 Å². The van der Waals surface area contributed by atoms with Crippen LogP contribution in [0.5, 0.6) is 5.88 Å². The molecule has 0 spiro atoms. The van der Waals surface area contributed by atoms with Gasteiger partial charge >= 0.3 is 0 Å². The summed E-state index contributed by atoms with van der Waals surface area (Å²) >= 11 is 1.49. The first-order chi connectivity index (χ1) is 14.9. The summed E-state index contributed by atoms with van der Waals surface area (Å²) in [5.41, 5.74) is 3.42. The molecule has 7 nitrogen and oxygen atoms in total. The number of hydrogen-bond acceptors (Lipinski definition) is 7. The summed E-state index contributed by atoms with van der Waals surface area (Å²) in [4.78, 5) is 27.1. The van der Waals surface area contributed by atoms with Gasteiger partial charge in [0.15, 0.2) is 6.10 Å². The monoisotopic (exact) mass is 434 g/mol. The van der Waals surface area contributed by atoms with Crippen LogP contribution in [0.2, 0.25) is 0 Å². The van der Waals surface area contributed by atoms with Gasteiger partial charge in [-0.1, -0.05) is 18.2 Å². The third-order valence-electron chi connectivity index (χ3n) is 5.29. The van der Waals surface area contributed by atoms with Gasteiger partial charge in [-0.15, -0.1) is 11.3 Å². The molecule has 5 rings (SSSR count). The first-order valence-corrected chi connectivity index (χ1v) is 10.9. The minimum atomic E-state index is -0.723. The minimum absolute atomic E-state index is 0.222. The number of para-hydroxylation sites is 1. The maximum atomic E-state index is 12.6. The molecular formula is C23H22N4O3S. The van der Waals surface area contributed by atoms with Gasteiger partial charge in [-0.25, -0.2) is 15.0 Å². The number of anilines is 1. The van der Waals surface area contributed by atoms with E-state index in [0.29, 0.717) is 12.5 Å². The smallest absolute Gasteiger partial charge is 0.265 e. The second-order valence-electron chi connectivity index (χ2n) is 8.25. The lowest BCUT2D eigenvalue weighted by molar-refractivity contribution is -0.122. The summed E-state index contributed by atoms with van der Waals surface area (Å²) < 4.78 is 12.7. The Hall–Kier alpha value is -3.10. The molecule has 4 heterocycles. The molecule has 0 saturated carbocycles. The number of aromatic nitrogens is 3. The lowest BCUT2D eigenvalue weighted by atomic mass is 9.95. The van der Waals surface area contributed by atoms with Crippen molar-refractivity contribution in [3.63, 3.8) is 0 Å². The van der Waals surface area contributed by atoms with Crippen LogP contribution in [-0.2, 0) is 22.6 Å². The molecule has 0 radical (unpaired) electrons. The third kappa shape index (κ3) is 3.84. The van der Waals surface area contributed by atoms with Crippen molar-refractivity contribution in [2.75, 3.05) is 5.32 Å². The largest absolute Gasteiger partial charge is 0.463 e. The predicted octanol–water partition coefficient (Wildman–Crippen LogP) is 4.50. The van der Waals surface area contributed by atoms with Crippen molar-refractivity contribution in [3.05, 3.63) is 54.0 Å². The minimum Gasteiger partial charge on any atom is -0.463 e. The highest BCUT2D eigenvalue weighted by Gasteiger charge is 2.28. The fraction of sp³-hybridized carbons (Fsp3) is 0.304. The normalized spacial score (nSPS) is 16.1. The SMILES string of the molecule is C[C@@H](Oc1ncnc2c1sc1nc3c(cc12)COC(C)(C)C3)C(=O)Nc1ccccc1. The van der Waals surface area contributed by atoms with E-state index < -0.39 is 6.10 Å². The Morgan fingerprint density at radius 1 is 1.26 bits per heavy atom. The molecule has 0 fully saturated rings. The molecule has 1 aliphatic rings. The molecule has 0 unspecified atom stereocenters. The summed E-state index contributed by atoms with van der Waals surface area (Å²) in [7, 11) is 0. The van der Waals surface area contributed by atoms with E-state index in [9.17, 15) is 4.79 Å². The number of pyridine rings is 1. The van der Waals surface area contributed by atoms with Crippen LogP contribution < -0.4 is 10.1 Å². The molecule has 1 amide bonds. The number of carbonyl (C=O) groups excluding carboxylic acids is 1. The van der Waals surface area contributed by atoms with E-state index in [-0.39, 0.29) is 11.5 Å². The molecule has 1 N–H and O–H groups in total. The Labute approximate surface area is 183 Å². The Kier molecular flexibility index (Phi) is 4.83. The summed E-state index contributed by atoms with van der Waals surface area (Å²) in [5, 5.41) is 3.81. The van der Waals surface area contributed by atoms with E-state index in [1.807, 2.05) is 30.3 Å². The third-order valence-corrected chi connectivity index (χ3v) is 6.37. The summed E-state index contributed by atoms with van der Waals surface area (Å²) in [5.74, 6) is 0.144. The van der Waals surface area contributed by atoms with Crippen molar-refractivity contribution in [3.8, 4) is 5.88 Å². The van der Waals surface area contributed by atoms with E-state index in [1.54, 1.807) is 6.92 Å². The summed E-state index contributed by atoms with van der Waals surface area (Å²) in [6.45, 7) is 6.39. The van der Waals surface area contributed by atoms with Crippen molar-refractivity contribution >= 4 is 43.4 Å². The van der Waals surface area contributed by atoms with Crippen LogP contribution in [0.4, 0.5) is 5.69 Å². The van der Waals surface area contributed by atoms with E-state index in [2.05, 4.69) is 35.2 Å². The molecule has 31 heavy (non-hydrogen) atoms. The number of rotatable bonds is 4. The predicted molar refractivity (Wildman–Crippen MR) is 120 cm³/mol. The first kappa shape index (κ1) is 19.8. The van der Waals surface area contributed by atoms with Crippen LogP contribution in [-0.4, -0.2) is 32.6 Å². The molecule has 1 aromatic carbocycles. The van der Waals surface area contributed by atoms with E-state index in [0.717, 1.165) is 43.8 Å². The quantitative estimate of drug-likeness (QED) is 0.509. The van der Waals surface area contributed by atoms with Crippen LogP contribution in [0.15, 0.2) is 42.7 Å². The second kappa shape index (κ2) is 7.55. The number of amides is 1. The zero-order chi connectivity index (χ0) is 21.6. The number of hydrogen-bond donors (Lipinski definition) is 1.